The summed E-state index contributed by atoms with van der Waals surface area (Å²) in [7, 11) is 1.51. The molecule has 29 heavy (non-hydrogen) atoms. The van der Waals surface area contributed by atoms with Gasteiger partial charge in [0.1, 0.15) is 5.75 Å². The Balaban J connectivity index is 2.18. The number of amides is 1. The zero-order valence-corrected chi connectivity index (χ0v) is 19.2. The molecule has 0 unspecified atom stereocenters. The van der Waals surface area contributed by atoms with Crippen molar-refractivity contribution in [1.29, 1.82) is 0 Å². The minimum absolute atomic E-state index is 0.324. The van der Waals surface area contributed by atoms with E-state index in [1.165, 1.54) is 18.4 Å². The number of nitrogens with zero attached hydrogens (tertiary/aromatic N) is 2. The van der Waals surface area contributed by atoms with Crippen LogP contribution >= 0.6 is 46.1 Å². The third-order valence-corrected chi connectivity index (χ3v) is 6.60. The highest BCUT2D eigenvalue weighted by Crippen LogP contribution is 2.32. The number of carbonyl (C=O) groups excluding carboxylic acids is 1. The summed E-state index contributed by atoms with van der Waals surface area (Å²) in [5.41, 5.74) is 2.25. The van der Waals surface area contributed by atoms with Gasteiger partial charge in [-0.25, -0.2) is 0 Å². The van der Waals surface area contributed by atoms with Crippen LogP contribution in [0, 0.1) is 0 Å². The van der Waals surface area contributed by atoms with Crippen molar-refractivity contribution in [3.8, 4) is 17.0 Å². The van der Waals surface area contributed by atoms with Gasteiger partial charge in [0.2, 0.25) is 0 Å². The van der Waals surface area contributed by atoms with Crippen LogP contribution in [0.1, 0.15) is 29.1 Å². The van der Waals surface area contributed by atoms with E-state index in [0.717, 1.165) is 22.6 Å². The third-order valence-electron chi connectivity index (χ3n) is 4.40. The lowest BCUT2D eigenvalue weighted by atomic mass is 10.1. The SMILES string of the molecule is CCc1sc(=NC(=O)c2cc(Cl)ccc2OC)n(CC)c1-c1ccc(Cl)c(Cl)c1. The minimum Gasteiger partial charge on any atom is -0.496 e. The summed E-state index contributed by atoms with van der Waals surface area (Å²) in [5.74, 6) is 0.0271. The molecule has 0 saturated carbocycles. The van der Waals surface area contributed by atoms with E-state index in [0.29, 0.717) is 37.7 Å². The summed E-state index contributed by atoms with van der Waals surface area (Å²) in [6.45, 7) is 4.72. The highest BCUT2D eigenvalue weighted by Gasteiger charge is 2.17. The molecule has 0 aliphatic rings. The summed E-state index contributed by atoms with van der Waals surface area (Å²) in [5, 5.41) is 1.43. The largest absolute Gasteiger partial charge is 0.496 e. The fraction of sp³-hybridized carbons (Fsp3) is 0.238. The average Bonchev–Trinajstić information content (AvgIpc) is 3.07. The number of thiazole rings is 1. The van der Waals surface area contributed by atoms with E-state index in [-0.39, 0.29) is 0 Å². The Morgan fingerprint density at radius 2 is 1.86 bits per heavy atom. The Labute approximate surface area is 188 Å². The first-order chi connectivity index (χ1) is 13.9. The Hall–Kier alpha value is -1.79. The molecule has 0 atom stereocenters. The fourth-order valence-electron chi connectivity index (χ4n) is 3.03. The lowest BCUT2D eigenvalue weighted by Crippen LogP contribution is -2.17. The van der Waals surface area contributed by atoms with E-state index in [9.17, 15) is 4.79 Å². The lowest BCUT2D eigenvalue weighted by Gasteiger charge is -2.10. The number of halogens is 3. The second-order valence-corrected chi connectivity index (χ2v) is 8.46. The number of rotatable bonds is 5. The smallest absolute Gasteiger partial charge is 0.283 e. The number of hydrogen-bond acceptors (Lipinski definition) is 3. The molecule has 0 bridgehead atoms. The first kappa shape index (κ1) is 21.9. The van der Waals surface area contributed by atoms with Crippen LogP contribution in [0.15, 0.2) is 41.4 Å². The summed E-state index contributed by atoms with van der Waals surface area (Å²) < 4.78 is 7.30. The quantitative estimate of drug-likeness (QED) is 0.427. The average molecular weight is 470 g/mol. The van der Waals surface area contributed by atoms with E-state index < -0.39 is 5.91 Å². The van der Waals surface area contributed by atoms with E-state index in [2.05, 4.69) is 11.9 Å². The summed E-state index contributed by atoms with van der Waals surface area (Å²) in [4.78, 5) is 19.0. The number of hydrogen-bond donors (Lipinski definition) is 0. The lowest BCUT2D eigenvalue weighted by molar-refractivity contribution is 0.0995. The van der Waals surface area contributed by atoms with Crippen LogP contribution in [-0.4, -0.2) is 17.6 Å². The molecule has 0 N–H and O–H groups in total. The molecule has 1 aromatic heterocycles. The highest BCUT2D eigenvalue weighted by molar-refractivity contribution is 7.09. The minimum atomic E-state index is -0.406. The highest BCUT2D eigenvalue weighted by atomic mass is 35.5. The molecule has 0 fully saturated rings. The zero-order chi connectivity index (χ0) is 21.1. The Kier molecular flexibility index (Phi) is 7.06. The van der Waals surface area contributed by atoms with Crippen molar-refractivity contribution < 1.29 is 9.53 Å². The van der Waals surface area contributed by atoms with Crippen molar-refractivity contribution in [2.75, 3.05) is 7.11 Å². The number of methoxy groups -OCH3 is 1. The normalized spacial score (nSPS) is 11.7. The Bertz CT molecular complexity index is 1140. The molecule has 3 aromatic rings. The molecular formula is C21H19Cl3N2O2S. The van der Waals surface area contributed by atoms with E-state index in [1.807, 2.05) is 23.6 Å². The van der Waals surface area contributed by atoms with Gasteiger partial charge in [-0.2, -0.15) is 4.99 Å². The molecule has 8 heteroatoms. The van der Waals surface area contributed by atoms with Crippen molar-refractivity contribution in [3.05, 3.63) is 66.7 Å². The monoisotopic (exact) mass is 468 g/mol. The van der Waals surface area contributed by atoms with Crippen molar-refractivity contribution in [1.82, 2.24) is 4.57 Å². The molecule has 0 aliphatic heterocycles. The topological polar surface area (TPSA) is 43.6 Å². The predicted molar refractivity (Wildman–Crippen MR) is 121 cm³/mol. The first-order valence-electron chi connectivity index (χ1n) is 9.00. The molecule has 0 saturated heterocycles. The van der Waals surface area contributed by atoms with Gasteiger partial charge in [0.15, 0.2) is 4.80 Å². The Morgan fingerprint density at radius 3 is 2.48 bits per heavy atom. The van der Waals surface area contributed by atoms with Gasteiger partial charge in [0, 0.05) is 22.0 Å². The van der Waals surface area contributed by atoms with Crippen molar-refractivity contribution >= 4 is 52.0 Å². The third kappa shape index (κ3) is 4.53. The van der Waals surface area contributed by atoms with Gasteiger partial charge in [-0.15, -0.1) is 11.3 Å². The number of ether oxygens (including phenoxy) is 1. The second kappa shape index (κ2) is 9.35. The van der Waals surface area contributed by atoms with Gasteiger partial charge in [-0.1, -0.05) is 47.8 Å². The number of carbonyl (C=O) groups is 1. The number of benzene rings is 2. The van der Waals surface area contributed by atoms with Crippen LogP contribution in [0.25, 0.3) is 11.3 Å². The van der Waals surface area contributed by atoms with Crippen LogP contribution in [0.4, 0.5) is 0 Å². The van der Waals surface area contributed by atoms with Gasteiger partial charge in [-0.05, 0) is 43.7 Å². The molecule has 3 rings (SSSR count). The maximum Gasteiger partial charge on any atom is 0.283 e. The molecule has 152 valence electrons. The predicted octanol–water partition coefficient (Wildman–Crippen LogP) is 6.51. The van der Waals surface area contributed by atoms with Crippen LogP contribution in [-0.2, 0) is 13.0 Å². The van der Waals surface area contributed by atoms with Crippen molar-refractivity contribution in [2.24, 2.45) is 4.99 Å². The molecule has 2 aromatic carbocycles. The maximum atomic E-state index is 12.9. The van der Waals surface area contributed by atoms with Gasteiger partial charge < -0.3 is 9.30 Å². The van der Waals surface area contributed by atoms with E-state index in [4.69, 9.17) is 39.5 Å². The van der Waals surface area contributed by atoms with E-state index >= 15 is 0 Å². The van der Waals surface area contributed by atoms with Crippen LogP contribution in [0.2, 0.25) is 15.1 Å². The van der Waals surface area contributed by atoms with Gasteiger partial charge in [0.05, 0.1) is 28.4 Å². The van der Waals surface area contributed by atoms with Gasteiger partial charge in [0.25, 0.3) is 5.91 Å². The van der Waals surface area contributed by atoms with Gasteiger partial charge in [-0.3, -0.25) is 4.79 Å². The standard InChI is InChI=1S/C21H19Cl3N2O2S/c1-4-18-19(12-6-8-15(23)16(24)10-12)26(5-2)21(29-18)25-20(27)14-11-13(22)7-9-17(14)28-3/h6-11H,4-5H2,1-3H3. The number of aryl methyl sites for hydroxylation is 1. The molecule has 1 heterocycles. The van der Waals surface area contributed by atoms with Crippen molar-refractivity contribution in [2.45, 2.75) is 26.8 Å². The van der Waals surface area contributed by atoms with E-state index in [1.54, 1.807) is 24.3 Å². The van der Waals surface area contributed by atoms with Crippen molar-refractivity contribution in [3.63, 3.8) is 0 Å². The zero-order valence-electron chi connectivity index (χ0n) is 16.1. The van der Waals surface area contributed by atoms with Crippen LogP contribution < -0.4 is 9.54 Å². The molecular weight excluding hydrogens is 451 g/mol. The first-order valence-corrected chi connectivity index (χ1v) is 10.9. The molecule has 0 spiro atoms. The van der Waals surface area contributed by atoms with Crippen LogP contribution in [0.5, 0.6) is 5.75 Å². The summed E-state index contributed by atoms with van der Waals surface area (Å²) in [6, 6.07) is 10.4. The maximum absolute atomic E-state index is 12.9. The van der Waals surface area contributed by atoms with Crippen LogP contribution in [0.3, 0.4) is 0 Å². The Morgan fingerprint density at radius 1 is 1.10 bits per heavy atom. The number of aromatic nitrogens is 1. The molecule has 1 amide bonds. The second-order valence-electron chi connectivity index (χ2n) is 6.14. The fourth-order valence-corrected chi connectivity index (χ4v) is 4.65. The molecule has 4 nitrogen and oxygen atoms in total. The summed E-state index contributed by atoms with van der Waals surface area (Å²) >= 11 is 19.9. The molecule has 0 aliphatic carbocycles. The molecule has 0 radical (unpaired) electrons. The van der Waals surface area contributed by atoms with Gasteiger partial charge >= 0.3 is 0 Å². The summed E-state index contributed by atoms with van der Waals surface area (Å²) in [6.07, 6.45) is 0.796.